The second-order valence-electron chi connectivity index (χ2n) is 11.3. The van der Waals surface area contributed by atoms with E-state index in [2.05, 4.69) is 34.4 Å². The van der Waals surface area contributed by atoms with Crippen molar-refractivity contribution in [3.63, 3.8) is 0 Å². The Morgan fingerprint density at radius 3 is 2.67 bits per heavy atom. The van der Waals surface area contributed by atoms with E-state index in [4.69, 9.17) is 9.47 Å². The molecule has 1 aromatic rings. The molecule has 0 radical (unpaired) electrons. The number of fused-ring (bicyclic) bond motifs is 1. The number of rotatable bonds is 16. The predicted octanol–water partition coefficient (Wildman–Crippen LogP) is 2.91. The Hall–Kier alpha value is -3.02. The molecule has 234 valence electrons. The molecule has 7 atom stereocenters. The summed E-state index contributed by atoms with van der Waals surface area (Å²) < 4.78 is 12.0. The lowest BCUT2D eigenvalue weighted by molar-refractivity contribution is -0.148. The zero-order valence-corrected chi connectivity index (χ0v) is 26.2. The van der Waals surface area contributed by atoms with Crippen LogP contribution in [0.5, 0.6) is 0 Å². The summed E-state index contributed by atoms with van der Waals surface area (Å²) in [7, 11) is 0. The van der Waals surface area contributed by atoms with Gasteiger partial charge in [0, 0.05) is 30.9 Å². The van der Waals surface area contributed by atoms with Crippen LogP contribution in [0, 0.1) is 11.8 Å². The Morgan fingerprint density at radius 1 is 1.28 bits per heavy atom. The highest BCUT2D eigenvalue weighted by molar-refractivity contribution is 9.09. The van der Waals surface area contributed by atoms with Gasteiger partial charge in [-0.2, -0.15) is 0 Å². The summed E-state index contributed by atoms with van der Waals surface area (Å²) in [4.78, 5) is 57.3. The zero-order valence-electron chi connectivity index (χ0n) is 24.7. The molecular formula is C32H42BrN3O7. The lowest BCUT2D eigenvalue weighted by atomic mass is 9.70. The van der Waals surface area contributed by atoms with Crippen LogP contribution in [-0.4, -0.2) is 94.0 Å². The number of aliphatic hydroxyl groups is 1. The smallest absolute Gasteiger partial charge is 0.306 e. The number of hydrogen-bond donors (Lipinski definition) is 2. The fourth-order valence-corrected chi connectivity index (χ4v) is 7.61. The minimum Gasteiger partial charge on any atom is -0.463 e. The third-order valence-electron chi connectivity index (χ3n) is 8.59. The number of halogens is 1. The van der Waals surface area contributed by atoms with Gasteiger partial charge in [-0.15, -0.1) is 13.2 Å². The van der Waals surface area contributed by atoms with E-state index in [0.29, 0.717) is 25.9 Å². The Bertz CT molecular complexity index is 1200. The first-order chi connectivity index (χ1) is 20.7. The van der Waals surface area contributed by atoms with Crippen LogP contribution >= 0.6 is 15.9 Å². The van der Waals surface area contributed by atoms with Crippen molar-refractivity contribution in [2.24, 2.45) is 11.8 Å². The van der Waals surface area contributed by atoms with Crippen molar-refractivity contribution >= 4 is 39.6 Å². The van der Waals surface area contributed by atoms with Gasteiger partial charge in [-0.25, -0.2) is 0 Å². The molecule has 4 rings (SSSR count). The van der Waals surface area contributed by atoms with E-state index >= 15 is 0 Å². The molecule has 3 heterocycles. The number of unbranched alkanes of at least 4 members (excludes halogenated alkanes) is 1. The zero-order chi connectivity index (χ0) is 31.1. The van der Waals surface area contributed by atoms with Crippen molar-refractivity contribution in [3.8, 4) is 0 Å². The predicted molar refractivity (Wildman–Crippen MR) is 164 cm³/mol. The molecule has 3 aliphatic rings. The van der Waals surface area contributed by atoms with Gasteiger partial charge in [0.15, 0.2) is 0 Å². The quantitative estimate of drug-likeness (QED) is 0.159. The van der Waals surface area contributed by atoms with Crippen LogP contribution in [0.15, 0.2) is 55.6 Å². The van der Waals surface area contributed by atoms with Gasteiger partial charge < -0.3 is 29.7 Å². The Balaban J connectivity index is 1.63. The lowest BCUT2D eigenvalue weighted by Crippen LogP contribution is -2.57. The van der Waals surface area contributed by atoms with Gasteiger partial charge in [-0.3, -0.25) is 19.2 Å². The van der Waals surface area contributed by atoms with Crippen molar-refractivity contribution in [2.45, 2.75) is 67.6 Å². The largest absolute Gasteiger partial charge is 0.463 e. The van der Waals surface area contributed by atoms with E-state index in [-0.39, 0.29) is 42.8 Å². The maximum absolute atomic E-state index is 14.1. The third-order valence-corrected chi connectivity index (χ3v) is 9.44. The number of nitrogens with zero attached hydrogens (tertiary/aromatic N) is 2. The Morgan fingerprint density at radius 2 is 2.02 bits per heavy atom. The number of aliphatic hydroxyl groups excluding tert-OH is 1. The summed E-state index contributed by atoms with van der Waals surface area (Å²) in [5.74, 6) is -3.28. The molecule has 0 aliphatic carbocycles. The fourth-order valence-electron chi connectivity index (χ4n) is 6.67. The molecule has 1 spiro atoms. The highest BCUT2D eigenvalue weighted by Gasteiger charge is 2.76. The number of esters is 1. The van der Waals surface area contributed by atoms with E-state index in [1.54, 1.807) is 17.1 Å². The maximum Gasteiger partial charge on any atom is 0.306 e. The van der Waals surface area contributed by atoms with Crippen LogP contribution in [0.4, 0.5) is 0 Å². The molecule has 3 aliphatic heterocycles. The molecule has 2 N–H and O–H groups in total. The summed E-state index contributed by atoms with van der Waals surface area (Å²) in [5, 5.41) is 12.9. The number of carbonyl (C=O) groups is 4. The molecule has 1 aromatic carbocycles. The number of amides is 3. The van der Waals surface area contributed by atoms with E-state index in [1.165, 1.54) is 4.90 Å². The standard InChI is InChI=1S/C32H42BrN3O7/c1-4-7-14-24(38)42-20-23(21-12-10-9-11-13-21)34-29(39)25-26-30(40)36(17-18-37)28(32(26)19-22(33)27(25)43-32)31(41)35(15-6-3)16-8-5-2/h4,6,9-13,22-23,25-28,37H,1,3,5,7-8,14-20H2,2H3,(H,34,39)/t22?,23-,25+,26-,27+,28+,32-/m1/s1. The molecular weight excluding hydrogens is 618 g/mol. The molecule has 3 amide bonds. The fraction of sp³-hybridized carbons (Fsp3) is 0.562. The Kier molecular flexibility index (Phi) is 11.2. The number of ether oxygens (including phenoxy) is 2. The number of likely N-dealkylation sites (tertiary alicyclic amines) is 1. The SMILES string of the molecule is C=CCCC(=O)OC[C@@H](NC(=O)[C@@H]1[C@H]2O[C@@]3(CC2Br)[C@H](C(=O)N(CC=C)CCCC)N(CCO)C(=O)[C@@H]13)c1ccccc1. The second-order valence-corrected chi connectivity index (χ2v) is 12.5. The first kappa shape index (κ1) is 32.9. The highest BCUT2D eigenvalue weighted by Crippen LogP contribution is 2.60. The van der Waals surface area contributed by atoms with Crippen molar-refractivity contribution in [3.05, 3.63) is 61.2 Å². The van der Waals surface area contributed by atoms with Crippen LogP contribution < -0.4 is 5.32 Å². The maximum atomic E-state index is 14.1. The van der Waals surface area contributed by atoms with Crippen LogP contribution in [0.1, 0.15) is 50.6 Å². The lowest BCUT2D eigenvalue weighted by Gasteiger charge is -2.37. The topological polar surface area (TPSA) is 125 Å². The van der Waals surface area contributed by atoms with E-state index in [0.717, 1.165) is 18.4 Å². The molecule has 0 saturated carbocycles. The van der Waals surface area contributed by atoms with Gasteiger partial charge in [0.2, 0.25) is 17.7 Å². The van der Waals surface area contributed by atoms with E-state index in [9.17, 15) is 24.3 Å². The van der Waals surface area contributed by atoms with Gasteiger partial charge in [0.1, 0.15) is 18.2 Å². The van der Waals surface area contributed by atoms with Crippen molar-refractivity contribution in [1.29, 1.82) is 0 Å². The number of benzene rings is 1. The number of allylic oxidation sites excluding steroid dienone is 1. The first-order valence-electron chi connectivity index (χ1n) is 15.0. The number of β-amino-alcohol motifs (C(OH)–C–C–N with tert-alkyl or cyclic N) is 1. The number of hydrogen-bond acceptors (Lipinski definition) is 7. The monoisotopic (exact) mass is 659 g/mol. The summed E-state index contributed by atoms with van der Waals surface area (Å²) in [5.41, 5.74) is -0.486. The highest BCUT2D eigenvalue weighted by atomic mass is 79.9. The van der Waals surface area contributed by atoms with Crippen LogP contribution in [0.2, 0.25) is 0 Å². The van der Waals surface area contributed by atoms with Crippen LogP contribution in [0.25, 0.3) is 0 Å². The Labute approximate surface area is 261 Å². The number of nitrogens with one attached hydrogen (secondary N) is 1. The molecule has 10 nitrogen and oxygen atoms in total. The van der Waals surface area contributed by atoms with E-state index in [1.807, 2.05) is 37.3 Å². The molecule has 3 saturated heterocycles. The first-order valence-corrected chi connectivity index (χ1v) is 15.9. The van der Waals surface area contributed by atoms with Crippen molar-refractivity contribution < 1.29 is 33.8 Å². The summed E-state index contributed by atoms with van der Waals surface area (Å²) in [6, 6.07) is 7.53. The second kappa shape index (κ2) is 14.6. The summed E-state index contributed by atoms with van der Waals surface area (Å²) in [6.45, 7) is 9.80. The molecule has 11 heteroatoms. The average Bonchev–Trinajstić information content (AvgIpc) is 3.59. The minimum absolute atomic E-state index is 0.0498. The summed E-state index contributed by atoms with van der Waals surface area (Å²) >= 11 is 3.68. The third kappa shape index (κ3) is 6.58. The minimum atomic E-state index is -1.23. The molecule has 1 unspecified atom stereocenters. The molecule has 2 bridgehead atoms. The van der Waals surface area contributed by atoms with Gasteiger partial charge in [0.05, 0.1) is 30.6 Å². The molecule has 3 fully saturated rings. The van der Waals surface area contributed by atoms with Gasteiger partial charge >= 0.3 is 5.97 Å². The molecule has 43 heavy (non-hydrogen) atoms. The molecule has 0 aromatic heterocycles. The van der Waals surface area contributed by atoms with Crippen LogP contribution in [0.3, 0.4) is 0 Å². The van der Waals surface area contributed by atoms with Gasteiger partial charge in [-0.05, 0) is 24.8 Å². The average molecular weight is 661 g/mol. The number of carbonyl (C=O) groups excluding carboxylic acids is 4. The van der Waals surface area contributed by atoms with Crippen molar-refractivity contribution in [1.82, 2.24) is 15.1 Å². The normalized spacial score (nSPS) is 27.8. The van der Waals surface area contributed by atoms with Gasteiger partial charge in [-0.1, -0.05) is 71.8 Å². The van der Waals surface area contributed by atoms with Crippen LogP contribution in [-0.2, 0) is 28.7 Å². The summed E-state index contributed by atoms with van der Waals surface area (Å²) in [6.07, 6.45) is 5.34. The van der Waals surface area contributed by atoms with Gasteiger partial charge in [0.25, 0.3) is 0 Å². The number of alkyl halides is 1. The van der Waals surface area contributed by atoms with E-state index < -0.39 is 47.5 Å². The van der Waals surface area contributed by atoms with Crippen molar-refractivity contribution in [2.75, 3.05) is 32.8 Å².